The molecule has 1 aliphatic heterocycles. The van der Waals surface area contributed by atoms with Crippen LogP contribution in [0.25, 0.3) is 0 Å². The third-order valence-corrected chi connectivity index (χ3v) is 5.02. The van der Waals surface area contributed by atoms with Gasteiger partial charge < -0.3 is 4.90 Å². The van der Waals surface area contributed by atoms with Gasteiger partial charge in [-0.25, -0.2) is 5.48 Å². The van der Waals surface area contributed by atoms with Crippen LogP contribution in [0.3, 0.4) is 0 Å². The summed E-state index contributed by atoms with van der Waals surface area (Å²) in [5.41, 5.74) is 4.02. The topological polar surface area (TPSA) is 69.6 Å². The van der Waals surface area contributed by atoms with E-state index in [1.165, 1.54) is 0 Å². The van der Waals surface area contributed by atoms with E-state index < -0.39 is 5.91 Å². The predicted molar refractivity (Wildman–Crippen MR) is 84.8 cm³/mol. The molecule has 3 rings (SSSR count). The van der Waals surface area contributed by atoms with E-state index >= 15 is 0 Å². The molecule has 0 aromatic heterocycles. The molecule has 1 aromatic carbocycles. The van der Waals surface area contributed by atoms with Crippen LogP contribution in [-0.2, 0) is 17.6 Å². The number of fused-ring (bicyclic) bond motifs is 1. The van der Waals surface area contributed by atoms with E-state index in [9.17, 15) is 9.59 Å². The molecular formula is C18H20N2O3. The van der Waals surface area contributed by atoms with Crippen LogP contribution >= 0.6 is 0 Å². The van der Waals surface area contributed by atoms with E-state index in [-0.39, 0.29) is 11.3 Å². The number of aryl methyl sites for hydroxylation is 1. The molecule has 23 heavy (non-hydrogen) atoms. The number of carbonyl (C=O) groups is 2. The summed E-state index contributed by atoms with van der Waals surface area (Å²) >= 11 is 0. The number of hydroxylamine groups is 1. The molecule has 2 amide bonds. The Morgan fingerprint density at radius 1 is 1.39 bits per heavy atom. The maximum atomic E-state index is 12.8. The molecule has 120 valence electrons. The summed E-state index contributed by atoms with van der Waals surface area (Å²) in [6, 6.07) is 5.42. The molecule has 1 aromatic rings. The van der Waals surface area contributed by atoms with Crippen molar-refractivity contribution in [1.29, 1.82) is 0 Å². The molecule has 1 atom stereocenters. The summed E-state index contributed by atoms with van der Waals surface area (Å²) in [6.07, 6.45) is 3.17. The molecule has 5 heteroatoms. The second-order valence-corrected chi connectivity index (χ2v) is 6.29. The maximum Gasteiger partial charge on any atom is 0.274 e. The number of carbonyl (C=O) groups excluding carboxylic acids is 2. The van der Waals surface area contributed by atoms with Gasteiger partial charge in [0, 0.05) is 12.1 Å². The summed E-state index contributed by atoms with van der Waals surface area (Å²) in [7, 11) is 0. The van der Waals surface area contributed by atoms with Crippen LogP contribution in [0, 0.1) is 17.3 Å². The number of hydrogen-bond donors (Lipinski definition) is 2. The maximum absolute atomic E-state index is 12.8. The van der Waals surface area contributed by atoms with Crippen LogP contribution in [-0.4, -0.2) is 35.0 Å². The van der Waals surface area contributed by atoms with Crippen molar-refractivity contribution in [1.82, 2.24) is 10.4 Å². The molecule has 1 heterocycles. The SMILES string of the molecule is CC#CCN1CC[C@@]2(CCc3cc(C(=O)NO)ccc3C2)C1=O. The summed E-state index contributed by atoms with van der Waals surface area (Å²) in [5, 5.41) is 8.73. The second kappa shape index (κ2) is 6.05. The number of likely N-dealkylation sites (tertiary alicyclic amines) is 1. The van der Waals surface area contributed by atoms with Gasteiger partial charge in [0.2, 0.25) is 5.91 Å². The average Bonchev–Trinajstić information content (AvgIpc) is 2.88. The first-order valence-corrected chi connectivity index (χ1v) is 7.85. The van der Waals surface area contributed by atoms with Gasteiger partial charge in [0.05, 0.1) is 12.0 Å². The first-order chi connectivity index (χ1) is 11.1. The van der Waals surface area contributed by atoms with Gasteiger partial charge >= 0.3 is 0 Å². The van der Waals surface area contributed by atoms with E-state index in [0.29, 0.717) is 12.1 Å². The van der Waals surface area contributed by atoms with E-state index in [2.05, 4.69) is 11.8 Å². The Morgan fingerprint density at radius 2 is 2.22 bits per heavy atom. The van der Waals surface area contributed by atoms with Gasteiger partial charge in [-0.15, -0.1) is 5.92 Å². The minimum Gasteiger partial charge on any atom is -0.331 e. The minimum atomic E-state index is -0.505. The Hall–Kier alpha value is -2.32. The van der Waals surface area contributed by atoms with Crippen molar-refractivity contribution in [2.75, 3.05) is 13.1 Å². The highest BCUT2D eigenvalue weighted by molar-refractivity contribution is 5.93. The van der Waals surface area contributed by atoms with Crippen LogP contribution in [0.5, 0.6) is 0 Å². The molecule has 0 saturated carbocycles. The first kappa shape index (κ1) is 15.6. The Morgan fingerprint density at radius 3 is 2.96 bits per heavy atom. The molecule has 1 aliphatic carbocycles. The van der Waals surface area contributed by atoms with E-state index in [1.807, 2.05) is 17.0 Å². The molecule has 2 N–H and O–H groups in total. The third-order valence-electron chi connectivity index (χ3n) is 5.02. The van der Waals surface area contributed by atoms with E-state index in [0.717, 1.165) is 43.4 Å². The van der Waals surface area contributed by atoms with Crippen molar-refractivity contribution < 1.29 is 14.8 Å². The van der Waals surface area contributed by atoms with Crippen molar-refractivity contribution in [3.05, 3.63) is 34.9 Å². The van der Waals surface area contributed by atoms with Crippen molar-refractivity contribution in [3.8, 4) is 11.8 Å². The Bertz CT molecular complexity index is 717. The smallest absolute Gasteiger partial charge is 0.274 e. The van der Waals surface area contributed by atoms with Crippen LogP contribution in [0.15, 0.2) is 18.2 Å². The Labute approximate surface area is 135 Å². The highest BCUT2D eigenvalue weighted by Crippen LogP contribution is 2.43. The van der Waals surface area contributed by atoms with Crippen molar-refractivity contribution in [3.63, 3.8) is 0 Å². The normalized spacial score (nSPS) is 22.5. The van der Waals surface area contributed by atoms with Gasteiger partial charge in [-0.05, 0) is 55.9 Å². The van der Waals surface area contributed by atoms with Gasteiger partial charge in [0.1, 0.15) is 0 Å². The lowest BCUT2D eigenvalue weighted by Gasteiger charge is -2.33. The molecule has 0 radical (unpaired) electrons. The molecule has 0 unspecified atom stereocenters. The highest BCUT2D eigenvalue weighted by atomic mass is 16.5. The van der Waals surface area contributed by atoms with Crippen molar-refractivity contribution in [2.24, 2.45) is 5.41 Å². The van der Waals surface area contributed by atoms with Gasteiger partial charge in [0.25, 0.3) is 5.91 Å². The lowest BCUT2D eigenvalue weighted by Crippen LogP contribution is -2.38. The first-order valence-electron chi connectivity index (χ1n) is 7.85. The van der Waals surface area contributed by atoms with E-state index in [1.54, 1.807) is 18.5 Å². The fourth-order valence-electron chi connectivity index (χ4n) is 3.68. The zero-order valence-corrected chi connectivity index (χ0v) is 13.2. The zero-order chi connectivity index (χ0) is 16.4. The van der Waals surface area contributed by atoms with Gasteiger partial charge in [-0.1, -0.05) is 12.0 Å². The fourth-order valence-corrected chi connectivity index (χ4v) is 3.68. The summed E-state index contributed by atoms with van der Waals surface area (Å²) in [4.78, 5) is 26.1. The third kappa shape index (κ3) is 2.71. The predicted octanol–water partition coefficient (Wildman–Crippen LogP) is 1.54. The second-order valence-electron chi connectivity index (χ2n) is 6.29. The molecular weight excluding hydrogens is 292 g/mol. The summed E-state index contributed by atoms with van der Waals surface area (Å²) < 4.78 is 0. The molecule has 2 aliphatic rings. The summed E-state index contributed by atoms with van der Waals surface area (Å²) in [6.45, 7) is 3.07. The summed E-state index contributed by atoms with van der Waals surface area (Å²) in [5.74, 6) is 5.52. The monoisotopic (exact) mass is 312 g/mol. The standard InChI is InChI=1S/C18H20N2O3/c1-2-3-9-20-10-8-18(17(20)22)7-6-13-11-14(16(21)19-23)4-5-15(13)12-18/h4-5,11,23H,6-10,12H2,1H3,(H,19,21)/t18-/m1/s1. The molecule has 1 saturated heterocycles. The number of nitrogens with zero attached hydrogens (tertiary/aromatic N) is 1. The Kier molecular flexibility index (Phi) is 4.10. The van der Waals surface area contributed by atoms with Gasteiger partial charge in [-0.2, -0.15) is 0 Å². The largest absolute Gasteiger partial charge is 0.331 e. The molecule has 0 bridgehead atoms. The number of rotatable bonds is 2. The number of hydrogen-bond acceptors (Lipinski definition) is 3. The van der Waals surface area contributed by atoms with Crippen LogP contribution in [0.4, 0.5) is 0 Å². The van der Waals surface area contributed by atoms with Gasteiger partial charge in [0.15, 0.2) is 0 Å². The van der Waals surface area contributed by atoms with Crippen LogP contribution < -0.4 is 5.48 Å². The van der Waals surface area contributed by atoms with Crippen LogP contribution in [0.2, 0.25) is 0 Å². The zero-order valence-electron chi connectivity index (χ0n) is 13.2. The van der Waals surface area contributed by atoms with Gasteiger partial charge in [-0.3, -0.25) is 14.8 Å². The lowest BCUT2D eigenvalue weighted by molar-refractivity contribution is -0.136. The van der Waals surface area contributed by atoms with Crippen molar-refractivity contribution >= 4 is 11.8 Å². The number of amides is 2. The van der Waals surface area contributed by atoms with Crippen molar-refractivity contribution in [2.45, 2.75) is 32.6 Å². The number of benzene rings is 1. The lowest BCUT2D eigenvalue weighted by atomic mass is 9.70. The molecule has 1 spiro atoms. The molecule has 5 nitrogen and oxygen atoms in total. The van der Waals surface area contributed by atoms with Crippen LogP contribution in [0.1, 0.15) is 41.3 Å². The average molecular weight is 312 g/mol. The highest BCUT2D eigenvalue weighted by Gasteiger charge is 2.47. The van der Waals surface area contributed by atoms with E-state index in [4.69, 9.17) is 5.21 Å². The Balaban J connectivity index is 1.81. The molecule has 1 fully saturated rings. The number of nitrogens with one attached hydrogen (secondary N) is 1. The fraction of sp³-hybridized carbons (Fsp3) is 0.444. The quantitative estimate of drug-likeness (QED) is 0.494. The minimum absolute atomic E-state index is 0.211.